The van der Waals surface area contributed by atoms with Gasteiger partial charge in [-0.1, -0.05) is 24.3 Å². The molecular formula is C19H18N6O2. The van der Waals surface area contributed by atoms with Crippen LogP contribution in [0.5, 0.6) is 0 Å². The van der Waals surface area contributed by atoms with Crippen molar-refractivity contribution in [3.05, 3.63) is 75.7 Å². The van der Waals surface area contributed by atoms with Gasteiger partial charge in [0.1, 0.15) is 12.1 Å². The van der Waals surface area contributed by atoms with Crippen LogP contribution in [0.1, 0.15) is 16.7 Å². The van der Waals surface area contributed by atoms with Crippen molar-refractivity contribution in [2.45, 2.75) is 19.9 Å². The summed E-state index contributed by atoms with van der Waals surface area (Å²) in [6.07, 6.45) is 3.81. The van der Waals surface area contributed by atoms with Gasteiger partial charge in [-0.3, -0.25) is 10.1 Å². The lowest BCUT2D eigenvalue weighted by Crippen LogP contribution is -2.31. The number of pyridine rings is 1. The Bertz CT molecular complexity index is 1010. The SMILES string of the molecule is Cc1ccnc(Nc2ncnc(N3CCc4ccccc4C3)c2[N+](=O)[O-])c1. The van der Waals surface area contributed by atoms with E-state index in [0.717, 1.165) is 17.5 Å². The van der Waals surface area contributed by atoms with Crippen molar-refractivity contribution in [3.8, 4) is 0 Å². The predicted molar refractivity (Wildman–Crippen MR) is 102 cm³/mol. The molecule has 0 atom stereocenters. The molecule has 1 aliphatic rings. The van der Waals surface area contributed by atoms with Gasteiger partial charge in [0.15, 0.2) is 0 Å². The average Bonchev–Trinajstić information content (AvgIpc) is 2.67. The highest BCUT2D eigenvalue weighted by atomic mass is 16.6. The molecule has 0 radical (unpaired) electrons. The zero-order chi connectivity index (χ0) is 18.8. The van der Waals surface area contributed by atoms with E-state index in [2.05, 4.69) is 26.3 Å². The number of fused-ring (bicyclic) bond motifs is 1. The fourth-order valence-electron chi connectivity index (χ4n) is 3.26. The van der Waals surface area contributed by atoms with Crippen molar-refractivity contribution in [2.75, 3.05) is 16.8 Å². The minimum absolute atomic E-state index is 0.139. The predicted octanol–water partition coefficient (Wildman–Crippen LogP) is 3.39. The van der Waals surface area contributed by atoms with Gasteiger partial charge in [0.25, 0.3) is 0 Å². The third-order valence-corrected chi connectivity index (χ3v) is 4.58. The molecule has 27 heavy (non-hydrogen) atoms. The number of anilines is 3. The summed E-state index contributed by atoms with van der Waals surface area (Å²) in [6, 6.07) is 11.8. The Morgan fingerprint density at radius 3 is 2.74 bits per heavy atom. The molecule has 8 heteroatoms. The molecule has 1 aliphatic heterocycles. The smallest absolute Gasteiger partial charge is 0.346 e. The number of rotatable bonds is 4. The summed E-state index contributed by atoms with van der Waals surface area (Å²) < 4.78 is 0. The third kappa shape index (κ3) is 3.41. The van der Waals surface area contributed by atoms with Crippen LogP contribution in [0, 0.1) is 17.0 Å². The lowest BCUT2D eigenvalue weighted by Gasteiger charge is -2.29. The van der Waals surface area contributed by atoms with Crippen LogP contribution >= 0.6 is 0 Å². The third-order valence-electron chi connectivity index (χ3n) is 4.58. The number of aromatic nitrogens is 3. The monoisotopic (exact) mass is 362 g/mol. The summed E-state index contributed by atoms with van der Waals surface area (Å²) in [4.78, 5) is 25.8. The van der Waals surface area contributed by atoms with Crippen LogP contribution in [0.4, 0.5) is 23.1 Å². The first kappa shape index (κ1) is 16.9. The van der Waals surface area contributed by atoms with Crippen molar-refractivity contribution < 1.29 is 4.92 Å². The van der Waals surface area contributed by atoms with Gasteiger partial charge < -0.3 is 10.2 Å². The van der Waals surface area contributed by atoms with Crippen LogP contribution in [-0.2, 0) is 13.0 Å². The number of benzene rings is 1. The molecule has 0 saturated heterocycles. The summed E-state index contributed by atoms with van der Waals surface area (Å²) in [6.45, 7) is 3.17. The number of hydrogen-bond acceptors (Lipinski definition) is 7. The van der Waals surface area contributed by atoms with E-state index < -0.39 is 4.92 Å². The Balaban J connectivity index is 1.71. The molecule has 136 valence electrons. The lowest BCUT2D eigenvalue weighted by atomic mass is 10.00. The van der Waals surface area contributed by atoms with Gasteiger partial charge in [0.05, 0.1) is 4.92 Å². The van der Waals surface area contributed by atoms with E-state index in [-0.39, 0.29) is 11.5 Å². The van der Waals surface area contributed by atoms with Crippen molar-refractivity contribution in [1.82, 2.24) is 15.0 Å². The number of aryl methyl sites for hydroxylation is 1. The highest BCUT2D eigenvalue weighted by Crippen LogP contribution is 2.35. The molecule has 0 bridgehead atoms. The van der Waals surface area contributed by atoms with E-state index in [0.29, 0.717) is 24.7 Å². The van der Waals surface area contributed by atoms with Crippen molar-refractivity contribution >= 4 is 23.1 Å². The molecular weight excluding hydrogens is 344 g/mol. The van der Waals surface area contributed by atoms with Crippen LogP contribution in [0.25, 0.3) is 0 Å². The van der Waals surface area contributed by atoms with Gasteiger partial charge in [-0.25, -0.2) is 15.0 Å². The molecule has 1 aromatic carbocycles. The second-order valence-electron chi connectivity index (χ2n) is 6.44. The number of nitrogens with one attached hydrogen (secondary N) is 1. The Hall–Kier alpha value is -3.55. The van der Waals surface area contributed by atoms with Crippen molar-refractivity contribution in [2.24, 2.45) is 0 Å². The molecule has 1 N–H and O–H groups in total. The molecule has 0 aliphatic carbocycles. The van der Waals surface area contributed by atoms with Crippen LogP contribution in [0.2, 0.25) is 0 Å². The number of nitro groups is 1. The summed E-state index contributed by atoms with van der Waals surface area (Å²) >= 11 is 0. The summed E-state index contributed by atoms with van der Waals surface area (Å²) in [5.41, 5.74) is 3.29. The van der Waals surface area contributed by atoms with Crippen LogP contribution in [0.3, 0.4) is 0 Å². The van der Waals surface area contributed by atoms with E-state index >= 15 is 0 Å². The first-order valence-corrected chi connectivity index (χ1v) is 8.62. The Morgan fingerprint density at radius 2 is 1.96 bits per heavy atom. The minimum atomic E-state index is -0.437. The molecule has 0 spiro atoms. The van der Waals surface area contributed by atoms with Gasteiger partial charge in [0, 0.05) is 19.3 Å². The lowest BCUT2D eigenvalue weighted by molar-refractivity contribution is -0.383. The molecule has 0 fully saturated rings. The largest absolute Gasteiger partial charge is 0.353 e. The van der Waals surface area contributed by atoms with Gasteiger partial charge in [-0.05, 0) is 42.2 Å². The Labute approximate surface area is 156 Å². The maximum Gasteiger partial charge on any atom is 0.353 e. The maximum absolute atomic E-state index is 11.8. The Morgan fingerprint density at radius 1 is 1.15 bits per heavy atom. The van der Waals surface area contributed by atoms with Gasteiger partial charge >= 0.3 is 5.69 Å². The van der Waals surface area contributed by atoms with E-state index in [1.165, 1.54) is 11.9 Å². The summed E-state index contributed by atoms with van der Waals surface area (Å²) in [5, 5.41) is 14.8. The van der Waals surface area contributed by atoms with Crippen LogP contribution < -0.4 is 10.2 Å². The number of nitrogens with zero attached hydrogens (tertiary/aromatic N) is 5. The van der Waals surface area contributed by atoms with Crippen molar-refractivity contribution in [3.63, 3.8) is 0 Å². The van der Waals surface area contributed by atoms with Crippen molar-refractivity contribution in [1.29, 1.82) is 0 Å². The minimum Gasteiger partial charge on any atom is -0.346 e. The number of hydrogen-bond donors (Lipinski definition) is 1. The van der Waals surface area contributed by atoms with E-state index in [1.54, 1.807) is 6.20 Å². The van der Waals surface area contributed by atoms with Crippen LogP contribution in [-0.4, -0.2) is 26.4 Å². The highest BCUT2D eigenvalue weighted by molar-refractivity contribution is 5.74. The fraction of sp³-hybridized carbons (Fsp3) is 0.211. The first-order chi connectivity index (χ1) is 13.1. The molecule has 8 nitrogen and oxygen atoms in total. The van der Waals surface area contributed by atoms with Gasteiger partial charge in [-0.15, -0.1) is 0 Å². The molecule has 3 aromatic rings. The second kappa shape index (κ2) is 6.99. The first-order valence-electron chi connectivity index (χ1n) is 8.62. The zero-order valence-corrected chi connectivity index (χ0v) is 14.8. The fourth-order valence-corrected chi connectivity index (χ4v) is 3.26. The average molecular weight is 362 g/mol. The normalized spacial score (nSPS) is 13.1. The summed E-state index contributed by atoms with van der Waals surface area (Å²) in [5.74, 6) is 0.966. The van der Waals surface area contributed by atoms with Gasteiger partial charge in [0.2, 0.25) is 11.6 Å². The van der Waals surface area contributed by atoms with E-state index in [4.69, 9.17) is 0 Å². The molecule has 0 amide bonds. The molecule has 3 heterocycles. The molecule has 2 aromatic heterocycles. The topological polar surface area (TPSA) is 97.1 Å². The molecule has 4 rings (SSSR count). The van der Waals surface area contributed by atoms with E-state index in [1.807, 2.05) is 42.2 Å². The van der Waals surface area contributed by atoms with E-state index in [9.17, 15) is 10.1 Å². The van der Waals surface area contributed by atoms with Crippen LogP contribution in [0.15, 0.2) is 48.9 Å². The summed E-state index contributed by atoms with van der Waals surface area (Å²) in [7, 11) is 0. The highest BCUT2D eigenvalue weighted by Gasteiger charge is 2.29. The zero-order valence-electron chi connectivity index (χ0n) is 14.8. The standard InChI is InChI=1S/C19H18N6O2/c1-13-6-8-20-16(10-13)23-18-17(25(26)27)19(22-12-21-18)24-9-7-14-4-2-3-5-15(14)11-24/h2-6,8,10,12H,7,9,11H2,1H3,(H,20,21,22,23). The quantitative estimate of drug-likeness (QED) is 0.561. The second-order valence-corrected chi connectivity index (χ2v) is 6.44. The molecule has 0 unspecified atom stereocenters. The van der Waals surface area contributed by atoms with Gasteiger partial charge in [-0.2, -0.15) is 0 Å². The molecule has 0 saturated carbocycles. The Kier molecular flexibility index (Phi) is 4.37. The maximum atomic E-state index is 11.8.